The van der Waals surface area contributed by atoms with Crippen molar-refractivity contribution in [3.63, 3.8) is 0 Å². The van der Waals surface area contributed by atoms with Crippen LogP contribution in [-0.2, 0) is 0 Å². The fourth-order valence-corrected chi connectivity index (χ4v) is 3.21. The molecule has 1 aliphatic rings. The Hall–Kier alpha value is -1.76. The quantitative estimate of drug-likeness (QED) is 0.680. The van der Waals surface area contributed by atoms with E-state index >= 15 is 0 Å². The van der Waals surface area contributed by atoms with E-state index < -0.39 is 0 Å². The molecule has 0 atom stereocenters. The lowest BCUT2D eigenvalue weighted by atomic mass is 10.1. The molecular formula is C16H13IN4. The highest BCUT2D eigenvalue weighted by molar-refractivity contribution is 14.1. The number of fused-ring (bicyclic) bond motifs is 1. The number of halogens is 1. The predicted molar refractivity (Wildman–Crippen MR) is 91.9 cm³/mol. The lowest BCUT2D eigenvalue weighted by Crippen LogP contribution is -2.04. The van der Waals surface area contributed by atoms with Crippen molar-refractivity contribution in [1.82, 2.24) is 15.0 Å². The summed E-state index contributed by atoms with van der Waals surface area (Å²) in [4.78, 5) is 13.6. The lowest BCUT2D eigenvalue weighted by molar-refractivity contribution is 0.983. The maximum atomic E-state index is 6.09. The van der Waals surface area contributed by atoms with Crippen molar-refractivity contribution in [3.8, 4) is 11.4 Å². The van der Waals surface area contributed by atoms with Crippen molar-refractivity contribution in [3.05, 3.63) is 45.9 Å². The molecule has 104 valence electrons. The summed E-state index contributed by atoms with van der Waals surface area (Å²) in [5.41, 5.74) is 8.12. The van der Waals surface area contributed by atoms with Crippen LogP contribution in [0.4, 0.5) is 5.82 Å². The largest absolute Gasteiger partial charge is 0.383 e. The van der Waals surface area contributed by atoms with Gasteiger partial charge in [0.25, 0.3) is 0 Å². The van der Waals surface area contributed by atoms with Crippen molar-refractivity contribution in [2.45, 2.75) is 18.8 Å². The monoisotopic (exact) mass is 388 g/mol. The van der Waals surface area contributed by atoms with Crippen LogP contribution in [0.1, 0.15) is 24.5 Å². The van der Waals surface area contributed by atoms with Gasteiger partial charge >= 0.3 is 0 Å². The fraction of sp³-hybridized carbons (Fsp3) is 0.188. The Balaban J connectivity index is 1.96. The number of nitrogens with two attached hydrogens (primary N) is 1. The van der Waals surface area contributed by atoms with E-state index in [2.05, 4.69) is 38.6 Å². The fourth-order valence-electron chi connectivity index (χ4n) is 2.52. The summed E-state index contributed by atoms with van der Waals surface area (Å²) in [6.45, 7) is 0. The van der Waals surface area contributed by atoms with Gasteiger partial charge in [-0.1, -0.05) is 24.3 Å². The molecule has 0 spiro atoms. The number of anilines is 1. The Morgan fingerprint density at radius 3 is 2.71 bits per heavy atom. The highest BCUT2D eigenvalue weighted by atomic mass is 127. The van der Waals surface area contributed by atoms with Crippen molar-refractivity contribution < 1.29 is 0 Å². The molecule has 0 radical (unpaired) electrons. The second-order valence-electron chi connectivity index (χ2n) is 5.31. The molecule has 2 heterocycles. The molecule has 1 aliphatic carbocycles. The van der Waals surface area contributed by atoms with E-state index in [0.717, 1.165) is 25.6 Å². The third-order valence-electron chi connectivity index (χ3n) is 3.78. The van der Waals surface area contributed by atoms with Gasteiger partial charge in [0, 0.05) is 29.3 Å². The second kappa shape index (κ2) is 4.91. The Morgan fingerprint density at radius 2 is 1.90 bits per heavy atom. The van der Waals surface area contributed by atoms with Crippen molar-refractivity contribution in [2.75, 3.05) is 5.73 Å². The van der Waals surface area contributed by atoms with Gasteiger partial charge in [-0.2, -0.15) is 0 Å². The van der Waals surface area contributed by atoms with E-state index in [-0.39, 0.29) is 0 Å². The first kappa shape index (κ1) is 12.9. The molecule has 0 saturated heterocycles. The van der Waals surface area contributed by atoms with Crippen LogP contribution in [0.15, 0.2) is 36.7 Å². The maximum Gasteiger partial charge on any atom is 0.164 e. The van der Waals surface area contributed by atoms with Crippen LogP contribution in [0.5, 0.6) is 0 Å². The average molecular weight is 388 g/mol. The minimum Gasteiger partial charge on any atom is -0.383 e. The van der Waals surface area contributed by atoms with Gasteiger partial charge < -0.3 is 5.73 Å². The number of nitrogen functional groups attached to an aromatic ring is 1. The molecule has 5 heteroatoms. The third kappa shape index (κ3) is 2.25. The highest BCUT2D eigenvalue weighted by Crippen LogP contribution is 2.42. The molecule has 4 nitrogen and oxygen atoms in total. The highest BCUT2D eigenvalue weighted by Gasteiger charge is 2.29. The first-order valence-electron chi connectivity index (χ1n) is 6.90. The summed E-state index contributed by atoms with van der Waals surface area (Å²) >= 11 is 2.25. The number of hydrogen-bond donors (Lipinski definition) is 1. The smallest absolute Gasteiger partial charge is 0.164 e. The Morgan fingerprint density at radius 1 is 1.10 bits per heavy atom. The van der Waals surface area contributed by atoms with Gasteiger partial charge in [-0.05, 0) is 40.8 Å². The number of benzene rings is 1. The molecule has 0 aliphatic heterocycles. The first-order chi connectivity index (χ1) is 10.2. The zero-order valence-electron chi connectivity index (χ0n) is 11.3. The molecule has 21 heavy (non-hydrogen) atoms. The standard InChI is InChI=1S/C16H13IN4/c17-13-14(9-5-6-9)20-16(21-15(13)18)12-8-19-7-10-3-1-2-4-11(10)12/h1-4,7-9H,5-6H2,(H2,18,20,21). The SMILES string of the molecule is Nc1nc(-c2cncc3ccccc23)nc(C2CC2)c1I. The normalized spacial score (nSPS) is 14.5. The van der Waals surface area contributed by atoms with E-state index in [1.165, 1.54) is 12.8 Å². The van der Waals surface area contributed by atoms with E-state index in [4.69, 9.17) is 10.7 Å². The van der Waals surface area contributed by atoms with Crippen LogP contribution in [0.2, 0.25) is 0 Å². The zero-order chi connectivity index (χ0) is 14.4. The molecule has 0 amide bonds. The van der Waals surface area contributed by atoms with Gasteiger partial charge in [0.05, 0.1) is 9.26 Å². The third-order valence-corrected chi connectivity index (χ3v) is 4.88. The molecular weight excluding hydrogens is 375 g/mol. The molecule has 1 fully saturated rings. The first-order valence-corrected chi connectivity index (χ1v) is 7.98. The van der Waals surface area contributed by atoms with Crippen molar-refractivity contribution in [2.24, 2.45) is 0 Å². The van der Waals surface area contributed by atoms with Crippen molar-refractivity contribution >= 4 is 39.2 Å². The zero-order valence-corrected chi connectivity index (χ0v) is 13.4. The van der Waals surface area contributed by atoms with E-state index in [1.54, 1.807) is 0 Å². The number of nitrogens with zero attached hydrogens (tertiary/aromatic N) is 3. The van der Waals surface area contributed by atoms with Gasteiger partial charge in [0.2, 0.25) is 0 Å². The van der Waals surface area contributed by atoms with Crippen LogP contribution in [0, 0.1) is 3.57 Å². The Labute approximate surface area is 136 Å². The number of rotatable bonds is 2. The van der Waals surface area contributed by atoms with E-state index in [9.17, 15) is 0 Å². The van der Waals surface area contributed by atoms with Gasteiger partial charge in [-0.3, -0.25) is 4.98 Å². The number of pyridine rings is 1. The summed E-state index contributed by atoms with van der Waals surface area (Å²) in [6.07, 6.45) is 6.07. The summed E-state index contributed by atoms with van der Waals surface area (Å²) in [5, 5.41) is 2.19. The summed E-state index contributed by atoms with van der Waals surface area (Å²) in [5.74, 6) is 1.79. The molecule has 1 saturated carbocycles. The molecule has 3 aromatic rings. The average Bonchev–Trinajstić information content (AvgIpc) is 3.34. The van der Waals surface area contributed by atoms with Crippen LogP contribution < -0.4 is 5.73 Å². The van der Waals surface area contributed by atoms with Gasteiger partial charge in [0.15, 0.2) is 5.82 Å². The van der Waals surface area contributed by atoms with Gasteiger partial charge in [0.1, 0.15) is 5.82 Å². The second-order valence-corrected chi connectivity index (χ2v) is 6.39. The minimum absolute atomic E-state index is 0.545. The topological polar surface area (TPSA) is 64.7 Å². The van der Waals surface area contributed by atoms with Crippen LogP contribution in [0.3, 0.4) is 0 Å². The summed E-state index contributed by atoms with van der Waals surface area (Å²) in [6, 6.07) is 8.14. The van der Waals surface area contributed by atoms with E-state index in [1.807, 2.05) is 30.6 Å². The van der Waals surface area contributed by atoms with Crippen LogP contribution in [0.25, 0.3) is 22.2 Å². The van der Waals surface area contributed by atoms with Gasteiger partial charge in [-0.25, -0.2) is 9.97 Å². The number of hydrogen-bond acceptors (Lipinski definition) is 4. The van der Waals surface area contributed by atoms with Crippen LogP contribution in [-0.4, -0.2) is 15.0 Å². The van der Waals surface area contributed by atoms with Gasteiger partial charge in [-0.15, -0.1) is 0 Å². The minimum atomic E-state index is 0.545. The predicted octanol–water partition coefficient (Wildman–Crippen LogP) is 3.76. The number of aromatic nitrogens is 3. The Kier molecular flexibility index (Phi) is 3.02. The summed E-state index contributed by atoms with van der Waals surface area (Å²) in [7, 11) is 0. The molecule has 0 bridgehead atoms. The maximum absolute atomic E-state index is 6.09. The summed E-state index contributed by atoms with van der Waals surface area (Å²) < 4.78 is 0.993. The molecule has 2 N–H and O–H groups in total. The lowest BCUT2D eigenvalue weighted by Gasteiger charge is -2.10. The molecule has 4 rings (SSSR count). The molecule has 2 aromatic heterocycles. The van der Waals surface area contributed by atoms with Crippen molar-refractivity contribution in [1.29, 1.82) is 0 Å². The van der Waals surface area contributed by atoms with Crippen LogP contribution >= 0.6 is 22.6 Å². The van der Waals surface area contributed by atoms with E-state index in [0.29, 0.717) is 17.6 Å². The Bertz CT molecular complexity index is 838. The molecule has 1 aromatic carbocycles. The molecule has 0 unspecified atom stereocenters.